The van der Waals surface area contributed by atoms with Crippen molar-refractivity contribution in [3.63, 3.8) is 0 Å². The number of hydrogen-bond acceptors (Lipinski definition) is 3. The zero-order chi connectivity index (χ0) is 16.8. The first kappa shape index (κ1) is 17.5. The average Bonchev–Trinajstić information content (AvgIpc) is 2.54. The van der Waals surface area contributed by atoms with Crippen LogP contribution in [0.4, 0.5) is 0 Å². The Labute approximate surface area is 138 Å². The fraction of sp³-hybridized carbons (Fsp3) is 0.556. The van der Waals surface area contributed by atoms with Gasteiger partial charge in [0, 0.05) is 33.1 Å². The van der Waals surface area contributed by atoms with Gasteiger partial charge in [-0.05, 0) is 18.9 Å². The monoisotopic (exact) mass is 317 g/mol. The Morgan fingerprint density at radius 2 is 1.74 bits per heavy atom. The summed E-state index contributed by atoms with van der Waals surface area (Å²) in [7, 11) is 0. The van der Waals surface area contributed by atoms with E-state index in [1.807, 2.05) is 4.90 Å². The van der Waals surface area contributed by atoms with Crippen LogP contribution < -0.4 is 5.32 Å². The van der Waals surface area contributed by atoms with Crippen molar-refractivity contribution in [3.8, 4) is 0 Å². The first-order chi connectivity index (χ1) is 11.0. The number of nitrogens with one attached hydrogen (secondary N) is 1. The van der Waals surface area contributed by atoms with Gasteiger partial charge in [0.1, 0.15) is 0 Å². The standard InChI is InChI=1S/C18H27N3O2/c1-4-17(16-7-5-14(2)6-8-16)19-18(23)13-20-9-11-21(12-10-20)15(3)22/h5-8,17H,4,9-13H2,1-3H3,(H,19,23)/t17-/m1/s1. The molecule has 5 nitrogen and oxygen atoms in total. The fourth-order valence-corrected chi connectivity index (χ4v) is 2.88. The van der Waals surface area contributed by atoms with E-state index in [9.17, 15) is 9.59 Å². The van der Waals surface area contributed by atoms with Gasteiger partial charge in [0.15, 0.2) is 0 Å². The van der Waals surface area contributed by atoms with Gasteiger partial charge in [-0.2, -0.15) is 0 Å². The number of benzene rings is 1. The van der Waals surface area contributed by atoms with E-state index in [4.69, 9.17) is 0 Å². The Morgan fingerprint density at radius 1 is 1.13 bits per heavy atom. The molecule has 0 aromatic heterocycles. The number of piperazine rings is 1. The summed E-state index contributed by atoms with van der Waals surface area (Å²) in [4.78, 5) is 27.6. The zero-order valence-electron chi connectivity index (χ0n) is 14.3. The third kappa shape index (κ3) is 5.06. The Bertz CT molecular complexity index is 534. The Balaban J connectivity index is 1.84. The molecule has 1 aromatic carbocycles. The van der Waals surface area contributed by atoms with Crippen molar-refractivity contribution in [2.45, 2.75) is 33.2 Å². The number of hydrogen-bond donors (Lipinski definition) is 1. The van der Waals surface area contributed by atoms with Gasteiger partial charge in [0.05, 0.1) is 12.6 Å². The molecule has 0 bridgehead atoms. The van der Waals surface area contributed by atoms with E-state index < -0.39 is 0 Å². The molecule has 126 valence electrons. The molecule has 1 atom stereocenters. The van der Waals surface area contributed by atoms with Gasteiger partial charge >= 0.3 is 0 Å². The highest BCUT2D eigenvalue weighted by Gasteiger charge is 2.21. The van der Waals surface area contributed by atoms with Crippen molar-refractivity contribution < 1.29 is 9.59 Å². The summed E-state index contributed by atoms with van der Waals surface area (Å²) in [5.41, 5.74) is 2.37. The number of amides is 2. The molecule has 1 saturated heterocycles. The molecule has 0 aliphatic carbocycles. The van der Waals surface area contributed by atoms with Crippen LogP contribution in [0.1, 0.15) is 37.4 Å². The first-order valence-corrected chi connectivity index (χ1v) is 8.33. The van der Waals surface area contributed by atoms with Crippen molar-refractivity contribution in [1.82, 2.24) is 15.1 Å². The third-order valence-corrected chi connectivity index (χ3v) is 4.41. The average molecular weight is 317 g/mol. The quantitative estimate of drug-likeness (QED) is 0.900. The van der Waals surface area contributed by atoms with Crippen molar-refractivity contribution >= 4 is 11.8 Å². The second-order valence-corrected chi connectivity index (χ2v) is 6.22. The molecule has 1 aromatic rings. The first-order valence-electron chi connectivity index (χ1n) is 8.33. The zero-order valence-corrected chi connectivity index (χ0v) is 14.3. The SMILES string of the molecule is CC[C@@H](NC(=O)CN1CCN(C(C)=O)CC1)c1ccc(C)cc1. The normalized spacial score (nSPS) is 16.9. The van der Waals surface area contributed by atoms with Crippen molar-refractivity contribution in [1.29, 1.82) is 0 Å². The van der Waals surface area contributed by atoms with Crippen LogP contribution in [-0.2, 0) is 9.59 Å². The molecule has 0 radical (unpaired) electrons. The van der Waals surface area contributed by atoms with Gasteiger partial charge in [-0.3, -0.25) is 14.5 Å². The highest BCUT2D eigenvalue weighted by molar-refractivity contribution is 5.78. The van der Waals surface area contributed by atoms with E-state index in [0.29, 0.717) is 19.6 Å². The van der Waals surface area contributed by atoms with E-state index >= 15 is 0 Å². The summed E-state index contributed by atoms with van der Waals surface area (Å²) >= 11 is 0. The number of rotatable bonds is 5. The second-order valence-electron chi connectivity index (χ2n) is 6.22. The summed E-state index contributed by atoms with van der Waals surface area (Å²) in [6.07, 6.45) is 0.868. The van der Waals surface area contributed by atoms with Crippen LogP contribution in [0.15, 0.2) is 24.3 Å². The largest absolute Gasteiger partial charge is 0.348 e. The van der Waals surface area contributed by atoms with E-state index in [2.05, 4.69) is 48.3 Å². The van der Waals surface area contributed by atoms with Crippen LogP contribution in [-0.4, -0.2) is 54.3 Å². The molecule has 1 aliphatic heterocycles. The smallest absolute Gasteiger partial charge is 0.234 e. The van der Waals surface area contributed by atoms with Crippen LogP contribution >= 0.6 is 0 Å². The van der Waals surface area contributed by atoms with Crippen molar-refractivity contribution in [2.24, 2.45) is 0 Å². The number of carbonyl (C=O) groups is 2. The molecule has 2 amide bonds. The third-order valence-electron chi connectivity index (χ3n) is 4.41. The van der Waals surface area contributed by atoms with E-state index in [1.165, 1.54) is 5.56 Å². The fourth-order valence-electron chi connectivity index (χ4n) is 2.88. The van der Waals surface area contributed by atoms with Crippen LogP contribution in [0.25, 0.3) is 0 Å². The van der Waals surface area contributed by atoms with E-state index in [0.717, 1.165) is 25.1 Å². The van der Waals surface area contributed by atoms with Gasteiger partial charge in [-0.15, -0.1) is 0 Å². The van der Waals surface area contributed by atoms with Gasteiger partial charge < -0.3 is 10.2 Å². The van der Waals surface area contributed by atoms with Gasteiger partial charge in [-0.25, -0.2) is 0 Å². The van der Waals surface area contributed by atoms with E-state index in [1.54, 1.807) is 6.92 Å². The maximum absolute atomic E-state index is 12.3. The summed E-state index contributed by atoms with van der Waals surface area (Å²) in [6, 6.07) is 8.36. The number of nitrogens with zero attached hydrogens (tertiary/aromatic N) is 2. The van der Waals surface area contributed by atoms with Crippen LogP contribution in [0.2, 0.25) is 0 Å². The lowest BCUT2D eigenvalue weighted by molar-refractivity contribution is -0.131. The minimum Gasteiger partial charge on any atom is -0.348 e. The lowest BCUT2D eigenvalue weighted by Crippen LogP contribution is -2.50. The van der Waals surface area contributed by atoms with Crippen molar-refractivity contribution in [2.75, 3.05) is 32.7 Å². The second kappa shape index (κ2) is 8.11. The predicted octanol–water partition coefficient (Wildman–Crippen LogP) is 1.73. The lowest BCUT2D eigenvalue weighted by atomic mass is 10.0. The Morgan fingerprint density at radius 3 is 2.26 bits per heavy atom. The molecule has 1 aliphatic rings. The van der Waals surface area contributed by atoms with Crippen molar-refractivity contribution in [3.05, 3.63) is 35.4 Å². The minimum absolute atomic E-state index is 0.0497. The highest BCUT2D eigenvalue weighted by atomic mass is 16.2. The maximum atomic E-state index is 12.3. The van der Waals surface area contributed by atoms with Gasteiger partial charge in [0.2, 0.25) is 11.8 Å². The summed E-state index contributed by atoms with van der Waals surface area (Å²) in [6.45, 7) is 9.06. The lowest BCUT2D eigenvalue weighted by Gasteiger charge is -2.34. The molecule has 1 N–H and O–H groups in total. The van der Waals surface area contributed by atoms with Crippen LogP contribution in [0.5, 0.6) is 0 Å². The maximum Gasteiger partial charge on any atom is 0.234 e. The highest BCUT2D eigenvalue weighted by Crippen LogP contribution is 2.17. The molecule has 1 fully saturated rings. The Kier molecular flexibility index (Phi) is 6.16. The van der Waals surface area contributed by atoms with E-state index in [-0.39, 0.29) is 17.9 Å². The van der Waals surface area contributed by atoms with Gasteiger partial charge in [0.25, 0.3) is 0 Å². The summed E-state index contributed by atoms with van der Waals surface area (Å²) in [5.74, 6) is 0.160. The van der Waals surface area contributed by atoms with Gasteiger partial charge in [-0.1, -0.05) is 36.8 Å². The molecule has 1 heterocycles. The molecule has 0 unspecified atom stereocenters. The molecular formula is C18H27N3O2. The minimum atomic E-state index is 0.0497. The number of carbonyl (C=O) groups excluding carboxylic acids is 2. The molecule has 0 saturated carbocycles. The predicted molar refractivity (Wildman–Crippen MR) is 91.0 cm³/mol. The molecular weight excluding hydrogens is 290 g/mol. The van der Waals surface area contributed by atoms with Crippen LogP contribution in [0.3, 0.4) is 0 Å². The number of aryl methyl sites for hydroxylation is 1. The molecule has 5 heteroatoms. The summed E-state index contributed by atoms with van der Waals surface area (Å²) in [5, 5.41) is 3.12. The topological polar surface area (TPSA) is 52.7 Å². The molecule has 0 spiro atoms. The molecule has 23 heavy (non-hydrogen) atoms. The molecule has 2 rings (SSSR count). The Hall–Kier alpha value is -1.88. The summed E-state index contributed by atoms with van der Waals surface area (Å²) < 4.78 is 0. The van der Waals surface area contributed by atoms with Crippen LogP contribution in [0, 0.1) is 6.92 Å².